The van der Waals surface area contributed by atoms with Crippen molar-refractivity contribution in [2.75, 3.05) is 5.32 Å². The molecule has 0 radical (unpaired) electrons. The molecule has 0 fully saturated rings. The van der Waals surface area contributed by atoms with E-state index in [0.29, 0.717) is 22.6 Å². The summed E-state index contributed by atoms with van der Waals surface area (Å²) in [5.41, 5.74) is 7.07. The number of anilines is 2. The van der Waals surface area contributed by atoms with Gasteiger partial charge in [0.25, 0.3) is 0 Å². The van der Waals surface area contributed by atoms with Gasteiger partial charge in [-0.15, -0.1) is 5.54 Å². The fourth-order valence-electron chi connectivity index (χ4n) is 3.77. The zero-order valence-corrected chi connectivity index (χ0v) is 19.2. The summed E-state index contributed by atoms with van der Waals surface area (Å²) in [6.07, 6.45) is 5.34. The summed E-state index contributed by atoms with van der Waals surface area (Å²) in [6, 6.07) is 0. The molecule has 140 valence electrons. The van der Waals surface area contributed by atoms with Crippen LogP contribution in [0.1, 0.15) is 47.2 Å². The van der Waals surface area contributed by atoms with E-state index in [1.54, 1.807) is 17.1 Å². The number of nitrogens with one attached hydrogen (secondary N) is 1. The third-order valence-corrected chi connectivity index (χ3v) is 11.7. The Hall–Kier alpha value is -1.65. The molecule has 26 heavy (non-hydrogen) atoms. The van der Waals surface area contributed by atoms with Gasteiger partial charge in [-0.25, -0.2) is 9.97 Å². The van der Waals surface area contributed by atoms with Crippen LogP contribution in [0.3, 0.4) is 0 Å². The van der Waals surface area contributed by atoms with Gasteiger partial charge >= 0.3 is 0 Å². The van der Waals surface area contributed by atoms with Crippen molar-refractivity contribution in [3.8, 4) is 11.5 Å². The molecule has 0 saturated carbocycles. The third-order valence-electron chi connectivity index (χ3n) is 4.96. The van der Waals surface area contributed by atoms with Gasteiger partial charge in [-0.2, -0.15) is 5.10 Å². The largest absolute Gasteiger partial charge is 0.320 e. The van der Waals surface area contributed by atoms with E-state index in [2.05, 4.69) is 89.3 Å². The van der Waals surface area contributed by atoms with Gasteiger partial charge in [-0.1, -0.05) is 41.5 Å². The van der Waals surface area contributed by atoms with Crippen molar-refractivity contribution in [3.05, 3.63) is 28.8 Å². The Morgan fingerprint density at radius 3 is 2.08 bits per heavy atom. The van der Waals surface area contributed by atoms with E-state index in [1.807, 2.05) is 13.2 Å². The second-order valence-corrected chi connectivity index (χ2v) is 14.1. The summed E-state index contributed by atoms with van der Waals surface area (Å²) in [4.78, 5) is 8.54. The van der Waals surface area contributed by atoms with Gasteiger partial charge < -0.3 is 5.32 Å². The zero-order valence-electron chi connectivity index (χ0n) is 16.6. The van der Waals surface area contributed by atoms with Crippen LogP contribution in [0, 0.1) is 11.5 Å². The van der Waals surface area contributed by atoms with Crippen LogP contribution < -0.4 is 5.32 Å². The molecule has 0 amide bonds. The molecular formula is C19H28BrN5Si. The molecule has 0 atom stereocenters. The molecule has 0 aliphatic rings. The highest BCUT2D eigenvalue weighted by molar-refractivity contribution is 9.10. The van der Waals surface area contributed by atoms with Crippen molar-refractivity contribution in [2.24, 2.45) is 7.05 Å². The van der Waals surface area contributed by atoms with Crippen LogP contribution in [0.4, 0.5) is 11.6 Å². The van der Waals surface area contributed by atoms with Crippen LogP contribution in [0.2, 0.25) is 16.6 Å². The highest BCUT2D eigenvalue weighted by atomic mass is 79.9. The van der Waals surface area contributed by atoms with Crippen molar-refractivity contribution in [3.63, 3.8) is 0 Å². The maximum atomic E-state index is 4.54. The van der Waals surface area contributed by atoms with Crippen LogP contribution in [0.15, 0.2) is 23.1 Å². The van der Waals surface area contributed by atoms with E-state index in [0.717, 1.165) is 15.9 Å². The van der Waals surface area contributed by atoms with E-state index in [1.165, 1.54) is 0 Å². The molecule has 7 heteroatoms. The van der Waals surface area contributed by atoms with Crippen molar-refractivity contribution in [1.29, 1.82) is 0 Å². The lowest BCUT2D eigenvalue weighted by molar-refractivity contribution is 0.764. The van der Waals surface area contributed by atoms with Gasteiger partial charge in [-0.05, 0) is 38.5 Å². The highest BCUT2D eigenvalue weighted by Crippen LogP contribution is 2.40. The van der Waals surface area contributed by atoms with Crippen LogP contribution in [0.5, 0.6) is 0 Å². The quantitative estimate of drug-likeness (QED) is 0.514. The Morgan fingerprint density at radius 2 is 1.58 bits per heavy atom. The second kappa shape index (κ2) is 8.36. The molecule has 0 aromatic carbocycles. The first kappa shape index (κ1) is 20.7. The minimum Gasteiger partial charge on any atom is -0.320 e. The van der Waals surface area contributed by atoms with E-state index < -0.39 is 8.07 Å². The molecule has 0 unspecified atom stereocenters. The first-order valence-electron chi connectivity index (χ1n) is 8.98. The van der Waals surface area contributed by atoms with Crippen molar-refractivity contribution in [1.82, 2.24) is 19.7 Å². The molecule has 0 spiro atoms. The average molecular weight is 434 g/mol. The zero-order chi connectivity index (χ0) is 19.5. The Kier molecular flexibility index (Phi) is 6.64. The van der Waals surface area contributed by atoms with E-state index in [9.17, 15) is 0 Å². The van der Waals surface area contributed by atoms with Gasteiger partial charge in [0.15, 0.2) is 5.69 Å². The number of hydrogen-bond donors (Lipinski definition) is 1. The molecule has 2 aromatic rings. The van der Waals surface area contributed by atoms with Crippen LogP contribution in [0.25, 0.3) is 0 Å². The Morgan fingerprint density at radius 1 is 1.04 bits per heavy atom. The molecule has 2 rings (SSSR count). The summed E-state index contributed by atoms with van der Waals surface area (Å²) in [6.45, 7) is 13.9. The molecule has 2 aromatic heterocycles. The van der Waals surface area contributed by atoms with E-state index >= 15 is 0 Å². The predicted octanol–water partition coefficient (Wildman–Crippen LogP) is 5.29. The molecule has 5 nitrogen and oxygen atoms in total. The number of rotatable bonds is 5. The number of halogens is 1. The number of aryl methyl sites for hydroxylation is 1. The lowest BCUT2D eigenvalue weighted by Crippen LogP contribution is -2.43. The van der Waals surface area contributed by atoms with E-state index in [-0.39, 0.29) is 0 Å². The van der Waals surface area contributed by atoms with Crippen LogP contribution in [-0.4, -0.2) is 27.8 Å². The lowest BCUT2D eigenvalue weighted by atomic mass is 10.4. The molecule has 2 heterocycles. The topological polar surface area (TPSA) is 55.6 Å². The summed E-state index contributed by atoms with van der Waals surface area (Å²) >= 11 is 3.35. The number of nitrogens with zero attached hydrogens (tertiary/aromatic N) is 4. The molecule has 0 aliphatic heterocycles. The molecule has 0 aliphatic carbocycles. The van der Waals surface area contributed by atoms with Crippen molar-refractivity contribution >= 4 is 35.6 Å². The molecule has 0 saturated heterocycles. The Labute approximate surface area is 166 Å². The van der Waals surface area contributed by atoms with Crippen molar-refractivity contribution in [2.45, 2.75) is 58.2 Å². The summed E-state index contributed by atoms with van der Waals surface area (Å²) in [7, 11) is 0.100. The Bertz CT molecular complexity index is 778. The number of hydrogen-bond acceptors (Lipinski definition) is 4. The van der Waals surface area contributed by atoms with Gasteiger partial charge in [0.1, 0.15) is 8.07 Å². The highest BCUT2D eigenvalue weighted by Gasteiger charge is 2.41. The smallest absolute Gasteiger partial charge is 0.227 e. The minimum absolute atomic E-state index is 0.532. The monoisotopic (exact) mass is 433 g/mol. The summed E-state index contributed by atoms with van der Waals surface area (Å²) < 4.78 is 2.62. The fraction of sp³-hybridized carbons (Fsp3) is 0.526. The van der Waals surface area contributed by atoms with Gasteiger partial charge in [0.05, 0.1) is 10.2 Å². The maximum absolute atomic E-state index is 4.54. The van der Waals surface area contributed by atoms with Crippen LogP contribution in [-0.2, 0) is 7.05 Å². The second-order valence-electron chi connectivity index (χ2n) is 7.56. The van der Waals surface area contributed by atoms with Gasteiger partial charge in [0.2, 0.25) is 5.95 Å². The van der Waals surface area contributed by atoms with Crippen molar-refractivity contribution < 1.29 is 0 Å². The fourth-order valence-corrected chi connectivity index (χ4v) is 9.18. The summed E-state index contributed by atoms with van der Waals surface area (Å²) in [5, 5.41) is 7.77. The first-order chi connectivity index (χ1) is 12.2. The van der Waals surface area contributed by atoms with Crippen LogP contribution >= 0.6 is 15.9 Å². The average Bonchev–Trinajstić information content (AvgIpc) is 2.89. The van der Waals surface area contributed by atoms with Gasteiger partial charge in [-0.3, -0.25) is 4.68 Å². The molecule has 1 N–H and O–H groups in total. The first-order valence-corrected chi connectivity index (χ1v) is 12.0. The molecular weight excluding hydrogens is 406 g/mol. The maximum Gasteiger partial charge on any atom is 0.227 e. The summed E-state index contributed by atoms with van der Waals surface area (Å²) in [5.74, 6) is 3.93. The lowest BCUT2D eigenvalue weighted by Gasteiger charge is -2.38. The Balaban J connectivity index is 2.41. The predicted molar refractivity (Wildman–Crippen MR) is 114 cm³/mol. The SMILES string of the molecule is CC(C)[Si](C#Cc1nn(C)cc1Nc1ncc(Br)cn1)(C(C)C)C(C)C. The van der Waals surface area contributed by atoms with Gasteiger partial charge in [0, 0.05) is 25.6 Å². The third kappa shape index (κ3) is 4.36. The van der Waals surface area contributed by atoms with E-state index in [4.69, 9.17) is 0 Å². The molecule has 0 bridgehead atoms. The normalized spacial score (nSPS) is 11.8. The minimum atomic E-state index is -1.80. The number of aromatic nitrogens is 4. The standard InChI is InChI=1S/C19H28BrN5Si/c1-13(2)26(14(3)4,15(5)6)9-8-17-18(12-25(7)24-17)23-19-21-10-16(20)11-22-19/h10-15H,1-7H3,(H,21,22,23).